The summed E-state index contributed by atoms with van der Waals surface area (Å²) >= 11 is 0. The Morgan fingerprint density at radius 2 is 1.73 bits per heavy atom. The van der Waals surface area contributed by atoms with Crippen LogP contribution >= 0.6 is 0 Å². The minimum Gasteiger partial charge on any atom is -0.379 e. The van der Waals surface area contributed by atoms with Gasteiger partial charge in [-0.25, -0.2) is 13.2 Å². The van der Waals surface area contributed by atoms with Crippen LogP contribution in [0.3, 0.4) is 0 Å². The molecule has 1 aliphatic rings. The highest BCUT2D eigenvalue weighted by atomic mass is 19.2. The molecule has 0 spiro atoms. The average Bonchev–Trinajstić information content (AvgIpc) is 2.68. The van der Waals surface area contributed by atoms with Gasteiger partial charge in [-0.1, -0.05) is 24.3 Å². The van der Waals surface area contributed by atoms with E-state index in [0.717, 1.165) is 51.0 Å². The maximum absolute atomic E-state index is 14.1. The van der Waals surface area contributed by atoms with Gasteiger partial charge >= 0.3 is 0 Å². The molecule has 0 amide bonds. The Balaban J connectivity index is 1.57. The highest BCUT2D eigenvalue weighted by Crippen LogP contribution is 2.28. The van der Waals surface area contributed by atoms with Gasteiger partial charge < -0.3 is 10.1 Å². The fourth-order valence-electron chi connectivity index (χ4n) is 2.99. The van der Waals surface area contributed by atoms with Gasteiger partial charge in [0.1, 0.15) is 5.82 Å². The van der Waals surface area contributed by atoms with Crippen LogP contribution in [0, 0.1) is 24.4 Å². The standard InChI is InChI=1S/C20H23F3N2O/c1-14-18(21)12-17(20(23)19(14)22)16-4-2-15(3-5-16)13-24-6-7-25-8-10-26-11-9-25/h2-5,12,24H,6-11,13H2,1H3. The van der Waals surface area contributed by atoms with E-state index in [2.05, 4.69) is 10.2 Å². The molecule has 0 aromatic heterocycles. The van der Waals surface area contributed by atoms with Gasteiger partial charge in [-0.2, -0.15) is 0 Å². The van der Waals surface area contributed by atoms with E-state index in [9.17, 15) is 13.2 Å². The van der Waals surface area contributed by atoms with Crippen molar-refractivity contribution in [2.45, 2.75) is 13.5 Å². The van der Waals surface area contributed by atoms with Crippen molar-refractivity contribution in [2.75, 3.05) is 39.4 Å². The second kappa shape index (κ2) is 8.66. The molecule has 0 unspecified atom stereocenters. The Hall–Kier alpha value is -1.89. The number of nitrogens with one attached hydrogen (secondary N) is 1. The summed E-state index contributed by atoms with van der Waals surface area (Å²) in [7, 11) is 0. The highest BCUT2D eigenvalue weighted by molar-refractivity contribution is 5.65. The first-order chi connectivity index (χ1) is 12.6. The molecular formula is C20H23F3N2O. The number of benzene rings is 2. The molecule has 3 rings (SSSR count). The Kier molecular flexibility index (Phi) is 6.29. The molecule has 1 saturated heterocycles. The van der Waals surface area contributed by atoms with Crippen molar-refractivity contribution in [1.29, 1.82) is 0 Å². The third-order valence-corrected chi connectivity index (χ3v) is 4.69. The molecule has 3 nitrogen and oxygen atoms in total. The van der Waals surface area contributed by atoms with Crippen molar-refractivity contribution in [3.05, 3.63) is 58.9 Å². The molecule has 0 saturated carbocycles. The zero-order valence-corrected chi connectivity index (χ0v) is 14.8. The third kappa shape index (κ3) is 4.44. The van der Waals surface area contributed by atoms with Gasteiger partial charge in [-0.15, -0.1) is 0 Å². The van der Waals surface area contributed by atoms with E-state index >= 15 is 0 Å². The molecule has 0 radical (unpaired) electrons. The molecule has 0 atom stereocenters. The lowest BCUT2D eigenvalue weighted by atomic mass is 10.0. The molecule has 1 heterocycles. The Labute approximate surface area is 151 Å². The van der Waals surface area contributed by atoms with Gasteiger partial charge in [0.25, 0.3) is 0 Å². The zero-order valence-electron chi connectivity index (χ0n) is 14.8. The number of rotatable bonds is 6. The summed E-state index contributed by atoms with van der Waals surface area (Å²) < 4.78 is 46.9. The van der Waals surface area contributed by atoms with E-state index in [1.54, 1.807) is 12.1 Å². The minimum atomic E-state index is -1.13. The number of hydrogen-bond donors (Lipinski definition) is 1. The average molecular weight is 364 g/mol. The van der Waals surface area contributed by atoms with E-state index in [-0.39, 0.29) is 11.1 Å². The second-order valence-electron chi connectivity index (χ2n) is 6.49. The molecular weight excluding hydrogens is 341 g/mol. The van der Waals surface area contributed by atoms with E-state index in [4.69, 9.17) is 4.74 Å². The fraction of sp³-hybridized carbons (Fsp3) is 0.400. The smallest absolute Gasteiger partial charge is 0.167 e. The first-order valence-electron chi connectivity index (χ1n) is 8.80. The van der Waals surface area contributed by atoms with Gasteiger partial charge in [0.15, 0.2) is 11.6 Å². The van der Waals surface area contributed by atoms with E-state index in [0.29, 0.717) is 12.1 Å². The zero-order chi connectivity index (χ0) is 18.5. The van der Waals surface area contributed by atoms with E-state index in [1.807, 2.05) is 12.1 Å². The molecule has 1 N–H and O–H groups in total. The number of hydrogen-bond acceptors (Lipinski definition) is 3. The molecule has 26 heavy (non-hydrogen) atoms. The van der Waals surface area contributed by atoms with Crippen LogP contribution in [0.2, 0.25) is 0 Å². The van der Waals surface area contributed by atoms with Crippen molar-refractivity contribution in [1.82, 2.24) is 10.2 Å². The van der Waals surface area contributed by atoms with Crippen molar-refractivity contribution < 1.29 is 17.9 Å². The van der Waals surface area contributed by atoms with Crippen LogP contribution in [0.1, 0.15) is 11.1 Å². The number of ether oxygens (including phenoxy) is 1. The molecule has 2 aromatic carbocycles. The molecule has 0 aliphatic carbocycles. The van der Waals surface area contributed by atoms with Gasteiger partial charge in [0, 0.05) is 43.9 Å². The summed E-state index contributed by atoms with van der Waals surface area (Å²) in [6, 6.07) is 8.10. The van der Waals surface area contributed by atoms with E-state index in [1.165, 1.54) is 6.92 Å². The van der Waals surface area contributed by atoms with Crippen molar-refractivity contribution in [3.8, 4) is 11.1 Å². The Morgan fingerprint density at radius 3 is 2.42 bits per heavy atom. The molecule has 1 aliphatic heterocycles. The molecule has 2 aromatic rings. The lowest BCUT2D eigenvalue weighted by Gasteiger charge is -2.26. The monoisotopic (exact) mass is 364 g/mol. The maximum Gasteiger partial charge on any atom is 0.167 e. The van der Waals surface area contributed by atoms with Crippen molar-refractivity contribution in [3.63, 3.8) is 0 Å². The number of halogens is 3. The van der Waals surface area contributed by atoms with Crippen LogP contribution in [0.15, 0.2) is 30.3 Å². The topological polar surface area (TPSA) is 24.5 Å². The number of morpholine rings is 1. The largest absolute Gasteiger partial charge is 0.379 e. The van der Waals surface area contributed by atoms with Crippen LogP contribution in [-0.4, -0.2) is 44.3 Å². The Morgan fingerprint density at radius 1 is 1.04 bits per heavy atom. The predicted molar refractivity (Wildman–Crippen MR) is 95.5 cm³/mol. The summed E-state index contributed by atoms with van der Waals surface area (Å²) in [6.07, 6.45) is 0. The first-order valence-corrected chi connectivity index (χ1v) is 8.80. The minimum absolute atomic E-state index is 0.0579. The summed E-state index contributed by atoms with van der Waals surface area (Å²) in [4.78, 5) is 2.35. The third-order valence-electron chi connectivity index (χ3n) is 4.69. The molecule has 140 valence electrons. The van der Waals surface area contributed by atoms with Crippen LogP contribution in [0.4, 0.5) is 13.2 Å². The van der Waals surface area contributed by atoms with Gasteiger partial charge in [0.2, 0.25) is 0 Å². The Bertz CT molecular complexity index is 744. The van der Waals surface area contributed by atoms with Gasteiger partial charge in [-0.3, -0.25) is 4.90 Å². The van der Waals surface area contributed by atoms with Crippen molar-refractivity contribution in [2.24, 2.45) is 0 Å². The van der Waals surface area contributed by atoms with Crippen LogP contribution < -0.4 is 5.32 Å². The quantitative estimate of drug-likeness (QED) is 0.627. The second-order valence-corrected chi connectivity index (χ2v) is 6.49. The predicted octanol–water partition coefficient (Wildman–Crippen LogP) is 3.50. The molecule has 1 fully saturated rings. The fourth-order valence-corrected chi connectivity index (χ4v) is 2.99. The molecule has 0 bridgehead atoms. The number of nitrogens with zero attached hydrogens (tertiary/aromatic N) is 1. The highest BCUT2D eigenvalue weighted by Gasteiger charge is 2.17. The van der Waals surface area contributed by atoms with Crippen LogP contribution in [0.5, 0.6) is 0 Å². The first kappa shape index (κ1) is 18.9. The van der Waals surface area contributed by atoms with E-state index < -0.39 is 17.5 Å². The SMILES string of the molecule is Cc1c(F)cc(-c2ccc(CNCCN3CCOCC3)cc2)c(F)c1F. The van der Waals surface area contributed by atoms with Gasteiger partial charge in [-0.05, 0) is 24.1 Å². The van der Waals surface area contributed by atoms with Crippen LogP contribution in [0.25, 0.3) is 11.1 Å². The summed E-state index contributed by atoms with van der Waals surface area (Å²) in [5, 5.41) is 3.37. The maximum atomic E-state index is 14.1. The lowest BCUT2D eigenvalue weighted by Crippen LogP contribution is -2.40. The normalized spacial score (nSPS) is 15.4. The summed E-state index contributed by atoms with van der Waals surface area (Å²) in [5.74, 6) is -2.89. The van der Waals surface area contributed by atoms with Gasteiger partial charge in [0.05, 0.1) is 13.2 Å². The van der Waals surface area contributed by atoms with Crippen molar-refractivity contribution >= 4 is 0 Å². The van der Waals surface area contributed by atoms with Crippen LogP contribution in [-0.2, 0) is 11.3 Å². The molecule has 6 heteroatoms. The lowest BCUT2D eigenvalue weighted by molar-refractivity contribution is 0.0384. The summed E-state index contributed by atoms with van der Waals surface area (Å²) in [5.41, 5.74) is 1.13. The summed E-state index contributed by atoms with van der Waals surface area (Å²) in [6.45, 7) is 7.25.